The second-order valence-corrected chi connectivity index (χ2v) is 6.97. The maximum Gasteiger partial charge on any atom is 0.253 e. The number of pyridine rings is 1. The summed E-state index contributed by atoms with van der Waals surface area (Å²) in [6.07, 6.45) is 0. The Hall–Kier alpha value is -3.08. The minimum atomic E-state index is -0.0713. The van der Waals surface area contributed by atoms with Gasteiger partial charge in [-0.3, -0.25) is 4.79 Å². The van der Waals surface area contributed by atoms with E-state index in [-0.39, 0.29) is 5.91 Å². The number of nitrogens with two attached hydrogens (primary N) is 1. The van der Waals surface area contributed by atoms with Crippen molar-refractivity contribution in [1.82, 2.24) is 14.9 Å². The molecular formula is C22H26N4O. The quantitative estimate of drug-likeness (QED) is 0.727. The Labute approximate surface area is 160 Å². The molecule has 0 bridgehead atoms. The fourth-order valence-corrected chi connectivity index (χ4v) is 3.46. The molecule has 2 aromatic heterocycles. The van der Waals surface area contributed by atoms with Gasteiger partial charge in [-0.15, -0.1) is 0 Å². The third kappa shape index (κ3) is 4.03. The maximum atomic E-state index is 12.8. The van der Waals surface area contributed by atoms with Crippen molar-refractivity contribution in [2.75, 3.05) is 5.73 Å². The van der Waals surface area contributed by atoms with Crippen molar-refractivity contribution in [3.63, 3.8) is 0 Å². The van der Waals surface area contributed by atoms with E-state index in [1.807, 2.05) is 58.0 Å². The summed E-state index contributed by atoms with van der Waals surface area (Å²) >= 11 is 0. The summed E-state index contributed by atoms with van der Waals surface area (Å²) in [5, 5.41) is 3.03. The molecule has 1 aromatic carbocycles. The zero-order valence-corrected chi connectivity index (χ0v) is 16.3. The molecule has 5 heteroatoms. The van der Waals surface area contributed by atoms with E-state index in [4.69, 9.17) is 5.73 Å². The molecule has 3 rings (SSSR count). The second-order valence-electron chi connectivity index (χ2n) is 6.97. The van der Waals surface area contributed by atoms with Crippen LogP contribution in [0.1, 0.15) is 44.1 Å². The number of hydrogen-bond acceptors (Lipinski definition) is 3. The van der Waals surface area contributed by atoms with E-state index in [0.29, 0.717) is 17.9 Å². The highest BCUT2D eigenvalue weighted by Gasteiger charge is 2.16. The van der Waals surface area contributed by atoms with E-state index in [0.717, 1.165) is 34.8 Å². The molecule has 27 heavy (non-hydrogen) atoms. The Balaban J connectivity index is 1.77. The zero-order valence-electron chi connectivity index (χ0n) is 16.3. The first kappa shape index (κ1) is 18.7. The fraction of sp³-hybridized carbons (Fsp3) is 0.273. The van der Waals surface area contributed by atoms with Crippen LogP contribution in [0.5, 0.6) is 0 Å². The van der Waals surface area contributed by atoms with Crippen LogP contribution in [0.4, 0.5) is 5.82 Å². The van der Waals surface area contributed by atoms with Crippen molar-refractivity contribution >= 4 is 11.7 Å². The average molecular weight is 362 g/mol. The summed E-state index contributed by atoms with van der Waals surface area (Å²) in [5.41, 5.74) is 12.6. The van der Waals surface area contributed by atoms with E-state index < -0.39 is 0 Å². The normalized spacial score (nSPS) is 10.8. The molecule has 0 atom stereocenters. The number of nitrogens with one attached hydrogen (secondary N) is 1. The molecule has 5 nitrogen and oxygen atoms in total. The predicted octanol–water partition coefficient (Wildman–Crippen LogP) is 3.68. The molecule has 3 aromatic rings. The Bertz CT molecular complexity index is 950. The highest BCUT2D eigenvalue weighted by atomic mass is 16.1. The van der Waals surface area contributed by atoms with E-state index in [9.17, 15) is 4.79 Å². The maximum absolute atomic E-state index is 12.8. The monoisotopic (exact) mass is 362 g/mol. The zero-order chi connectivity index (χ0) is 19.6. The number of aryl methyl sites for hydroxylation is 3. The number of benzene rings is 1. The molecule has 0 spiro atoms. The lowest BCUT2D eigenvalue weighted by Crippen LogP contribution is -2.24. The first-order valence-electron chi connectivity index (χ1n) is 9.08. The van der Waals surface area contributed by atoms with Crippen LogP contribution in [0.2, 0.25) is 0 Å². The molecule has 0 aliphatic carbocycles. The number of nitrogen functional groups attached to an aromatic ring is 1. The SMILES string of the molecule is Cc1cc(N)nc(C)c1CNC(=O)c1cc(C)n(Cc2ccccc2)c1C. The summed E-state index contributed by atoms with van der Waals surface area (Å²) in [4.78, 5) is 17.1. The van der Waals surface area contributed by atoms with Gasteiger partial charge in [-0.1, -0.05) is 30.3 Å². The Kier molecular flexibility index (Phi) is 5.31. The van der Waals surface area contributed by atoms with Gasteiger partial charge in [-0.05, 0) is 56.5 Å². The predicted molar refractivity (Wildman–Crippen MR) is 109 cm³/mol. The molecular weight excluding hydrogens is 336 g/mol. The fourth-order valence-electron chi connectivity index (χ4n) is 3.46. The number of aromatic nitrogens is 2. The Morgan fingerprint density at radius 2 is 1.81 bits per heavy atom. The van der Waals surface area contributed by atoms with Crippen LogP contribution >= 0.6 is 0 Å². The molecule has 0 radical (unpaired) electrons. The van der Waals surface area contributed by atoms with Crippen LogP contribution in [0, 0.1) is 27.7 Å². The van der Waals surface area contributed by atoms with Crippen molar-refractivity contribution in [2.24, 2.45) is 0 Å². The molecule has 0 aliphatic heterocycles. The lowest BCUT2D eigenvalue weighted by atomic mass is 10.1. The largest absolute Gasteiger partial charge is 0.384 e. The average Bonchev–Trinajstić information content (AvgIpc) is 2.90. The summed E-state index contributed by atoms with van der Waals surface area (Å²) in [5.74, 6) is 0.433. The smallest absolute Gasteiger partial charge is 0.253 e. The Morgan fingerprint density at radius 1 is 1.11 bits per heavy atom. The van der Waals surface area contributed by atoms with Crippen LogP contribution < -0.4 is 11.1 Å². The van der Waals surface area contributed by atoms with Gasteiger partial charge in [0.25, 0.3) is 5.91 Å². The van der Waals surface area contributed by atoms with Gasteiger partial charge in [-0.25, -0.2) is 4.98 Å². The van der Waals surface area contributed by atoms with E-state index >= 15 is 0 Å². The first-order chi connectivity index (χ1) is 12.9. The lowest BCUT2D eigenvalue weighted by molar-refractivity contribution is 0.0950. The number of amides is 1. The van der Waals surface area contributed by atoms with E-state index in [1.54, 1.807) is 0 Å². The third-order valence-electron chi connectivity index (χ3n) is 5.00. The third-order valence-corrected chi connectivity index (χ3v) is 5.00. The number of hydrogen-bond donors (Lipinski definition) is 2. The van der Waals surface area contributed by atoms with Gasteiger partial charge in [0.1, 0.15) is 5.82 Å². The van der Waals surface area contributed by atoms with Gasteiger partial charge in [0.2, 0.25) is 0 Å². The second kappa shape index (κ2) is 7.66. The summed E-state index contributed by atoms with van der Waals surface area (Å²) < 4.78 is 2.17. The van der Waals surface area contributed by atoms with Crippen LogP contribution in [-0.2, 0) is 13.1 Å². The molecule has 0 unspecified atom stereocenters. The molecule has 0 saturated heterocycles. The van der Waals surface area contributed by atoms with Crippen molar-refractivity contribution in [3.05, 3.63) is 81.8 Å². The standard InChI is InChI=1S/C22H26N4O/c1-14-10-21(23)25-16(3)20(14)12-24-22(27)19-11-15(2)26(17(19)4)13-18-8-6-5-7-9-18/h5-11H,12-13H2,1-4H3,(H2,23,25)(H,24,27). The Morgan fingerprint density at radius 3 is 2.48 bits per heavy atom. The van der Waals surface area contributed by atoms with Crippen LogP contribution in [-0.4, -0.2) is 15.5 Å². The number of nitrogens with zero attached hydrogens (tertiary/aromatic N) is 2. The molecule has 140 valence electrons. The van der Waals surface area contributed by atoms with Gasteiger partial charge < -0.3 is 15.6 Å². The topological polar surface area (TPSA) is 72.9 Å². The van der Waals surface area contributed by atoms with Gasteiger partial charge >= 0.3 is 0 Å². The molecule has 3 N–H and O–H groups in total. The molecule has 0 fully saturated rings. The summed E-state index contributed by atoms with van der Waals surface area (Å²) in [6.45, 7) is 9.11. The van der Waals surface area contributed by atoms with Crippen LogP contribution in [0.3, 0.4) is 0 Å². The van der Waals surface area contributed by atoms with Crippen LogP contribution in [0.15, 0.2) is 42.5 Å². The minimum absolute atomic E-state index is 0.0713. The summed E-state index contributed by atoms with van der Waals surface area (Å²) in [7, 11) is 0. The van der Waals surface area contributed by atoms with Crippen molar-refractivity contribution < 1.29 is 4.79 Å². The van der Waals surface area contributed by atoms with Gasteiger partial charge in [-0.2, -0.15) is 0 Å². The number of carbonyl (C=O) groups is 1. The van der Waals surface area contributed by atoms with E-state index in [2.05, 4.69) is 27.0 Å². The number of carbonyl (C=O) groups excluding carboxylic acids is 1. The molecule has 0 aliphatic rings. The first-order valence-corrected chi connectivity index (χ1v) is 9.08. The summed E-state index contributed by atoms with van der Waals surface area (Å²) in [6, 6.07) is 14.0. The van der Waals surface area contributed by atoms with Gasteiger partial charge in [0.05, 0.1) is 5.56 Å². The molecule has 1 amide bonds. The number of anilines is 1. The molecule has 0 saturated carbocycles. The highest BCUT2D eigenvalue weighted by molar-refractivity contribution is 5.95. The van der Waals surface area contributed by atoms with Crippen LogP contribution in [0.25, 0.3) is 0 Å². The lowest BCUT2D eigenvalue weighted by Gasteiger charge is -2.12. The highest BCUT2D eigenvalue weighted by Crippen LogP contribution is 2.18. The van der Waals surface area contributed by atoms with Crippen molar-refractivity contribution in [1.29, 1.82) is 0 Å². The van der Waals surface area contributed by atoms with Crippen molar-refractivity contribution in [2.45, 2.75) is 40.8 Å². The number of rotatable bonds is 5. The minimum Gasteiger partial charge on any atom is -0.384 e. The van der Waals surface area contributed by atoms with Gasteiger partial charge in [0, 0.05) is 30.2 Å². The van der Waals surface area contributed by atoms with Gasteiger partial charge in [0.15, 0.2) is 0 Å². The van der Waals surface area contributed by atoms with Crippen molar-refractivity contribution in [3.8, 4) is 0 Å². The molecule has 2 heterocycles. The van der Waals surface area contributed by atoms with E-state index in [1.165, 1.54) is 5.56 Å².